The second-order valence-electron chi connectivity index (χ2n) is 4.59. The summed E-state index contributed by atoms with van der Waals surface area (Å²) in [4.78, 5) is 0. The molecule has 0 radical (unpaired) electrons. The van der Waals surface area contributed by atoms with Crippen LogP contribution in [0.1, 0.15) is 33.1 Å². The molecule has 2 nitrogen and oxygen atoms in total. The van der Waals surface area contributed by atoms with Crippen molar-refractivity contribution in [2.75, 3.05) is 18.1 Å². The molecule has 1 heterocycles. The van der Waals surface area contributed by atoms with E-state index < -0.39 is 0 Å². The van der Waals surface area contributed by atoms with Crippen molar-refractivity contribution in [1.82, 2.24) is 5.32 Å². The van der Waals surface area contributed by atoms with E-state index in [2.05, 4.69) is 19.2 Å². The predicted octanol–water partition coefficient (Wildman–Crippen LogP) is 1.88. The molecule has 1 aliphatic heterocycles. The predicted molar refractivity (Wildman–Crippen MR) is 63.8 cm³/mol. The first kappa shape index (κ1) is 12.3. The molecule has 0 bridgehead atoms. The topological polar surface area (TPSA) is 32.3 Å². The van der Waals surface area contributed by atoms with Crippen LogP contribution in [-0.4, -0.2) is 35.3 Å². The minimum Gasteiger partial charge on any atom is -0.395 e. The summed E-state index contributed by atoms with van der Waals surface area (Å²) in [5.74, 6) is 3.19. The lowest BCUT2D eigenvalue weighted by Crippen LogP contribution is -2.43. The van der Waals surface area contributed by atoms with Crippen molar-refractivity contribution < 1.29 is 5.11 Å². The van der Waals surface area contributed by atoms with E-state index in [1.165, 1.54) is 24.3 Å². The van der Waals surface area contributed by atoms with Crippen LogP contribution in [0.2, 0.25) is 0 Å². The van der Waals surface area contributed by atoms with Gasteiger partial charge in [0.2, 0.25) is 0 Å². The van der Waals surface area contributed by atoms with E-state index in [0.717, 1.165) is 6.42 Å². The Balaban J connectivity index is 2.23. The van der Waals surface area contributed by atoms with Crippen LogP contribution >= 0.6 is 11.8 Å². The van der Waals surface area contributed by atoms with Gasteiger partial charge in [0.05, 0.1) is 6.61 Å². The van der Waals surface area contributed by atoms with Crippen molar-refractivity contribution in [3.8, 4) is 0 Å². The molecule has 0 aromatic carbocycles. The Hall–Kier alpha value is 0.270. The molecule has 1 aliphatic rings. The van der Waals surface area contributed by atoms with E-state index in [-0.39, 0.29) is 6.61 Å². The second kappa shape index (κ2) is 6.70. The lowest BCUT2D eigenvalue weighted by atomic mass is 10.0. The third-order valence-corrected chi connectivity index (χ3v) is 3.82. The Morgan fingerprint density at radius 1 is 1.50 bits per heavy atom. The Morgan fingerprint density at radius 3 is 2.79 bits per heavy atom. The highest BCUT2D eigenvalue weighted by molar-refractivity contribution is 7.99. The van der Waals surface area contributed by atoms with Gasteiger partial charge in [0.15, 0.2) is 0 Å². The Kier molecular flexibility index (Phi) is 5.90. The minimum absolute atomic E-state index is 0.277. The molecule has 2 unspecified atom stereocenters. The first-order valence-corrected chi connectivity index (χ1v) is 6.82. The molecule has 14 heavy (non-hydrogen) atoms. The van der Waals surface area contributed by atoms with Crippen molar-refractivity contribution in [1.29, 1.82) is 0 Å². The van der Waals surface area contributed by atoms with Gasteiger partial charge in [0.25, 0.3) is 0 Å². The van der Waals surface area contributed by atoms with Crippen LogP contribution in [0.5, 0.6) is 0 Å². The SMILES string of the molecule is CC(C)CC(CO)NC1CCCSC1. The van der Waals surface area contributed by atoms with Crippen LogP contribution in [0.4, 0.5) is 0 Å². The molecule has 1 fully saturated rings. The number of aliphatic hydroxyl groups is 1. The number of nitrogens with one attached hydrogen (secondary N) is 1. The Morgan fingerprint density at radius 2 is 2.29 bits per heavy atom. The van der Waals surface area contributed by atoms with Gasteiger partial charge in [0.1, 0.15) is 0 Å². The largest absolute Gasteiger partial charge is 0.395 e. The van der Waals surface area contributed by atoms with Crippen LogP contribution < -0.4 is 5.32 Å². The van der Waals surface area contributed by atoms with E-state index in [1.54, 1.807) is 0 Å². The molecule has 84 valence electrons. The van der Waals surface area contributed by atoms with Crippen LogP contribution in [-0.2, 0) is 0 Å². The minimum atomic E-state index is 0.277. The average Bonchev–Trinajstić information content (AvgIpc) is 2.17. The van der Waals surface area contributed by atoms with Crippen molar-refractivity contribution in [3.05, 3.63) is 0 Å². The van der Waals surface area contributed by atoms with E-state index in [9.17, 15) is 5.11 Å². The van der Waals surface area contributed by atoms with Gasteiger partial charge in [-0.05, 0) is 30.9 Å². The second-order valence-corrected chi connectivity index (χ2v) is 5.74. The monoisotopic (exact) mass is 217 g/mol. The number of hydrogen-bond acceptors (Lipinski definition) is 3. The van der Waals surface area contributed by atoms with Gasteiger partial charge in [-0.15, -0.1) is 0 Å². The van der Waals surface area contributed by atoms with Gasteiger partial charge < -0.3 is 10.4 Å². The summed E-state index contributed by atoms with van der Waals surface area (Å²) in [7, 11) is 0. The summed E-state index contributed by atoms with van der Waals surface area (Å²) in [6.07, 6.45) is 3.68. The van der Waals surface area contributed by atoms with Crippen molar-refractivity contribution in [2.24, 2.45) is 5.92 Å². The molecule has 0 aliphatic carbocycles. The molecule has 1 saturated heterocycles. The molecule has 3 heteroatoms. The molecule has 0 spiro atoms. The summed E-state index contributed by atoms with van der Waals surface area (Å²) in [5, 5.41) is 12.8. The zero-order chi connectivity index (χ0) is 10.4. The van der Waals surface area contributed by atoms with Gasteiger partial charge in [-0.25, -0.2) is 0 Å². The fourth-order valence-electron chi connectivity index (χ4n) is 1.97. The highest BCUT2D eigenvalue weighted by Gasteiger charge is 2.18. The van der Waals surface area contributed by atoms with Crippen LogP contribution in [0.25, 0.3) is 0 Å². The summed E-state index contributed by atoms with van der Waals surface area (Å²) in [5.41, 5.74) is 0. The molecule has 0 saturated carbocycles. The zero-order valence-electron chi connectivity index (χ0n) is 9.33. The van der Waals surface area contributed by atoms with Crippen LogP contribution in [0.15, 0.2) is 0 Å². The maximum atomic E-state index is 9.24. The number of rotatable bonds is 5. The molecule has 0 amide bonds. The number of hydrogen-bond donors (Lipinski definition) is 2. The van der Waals surface area contributed by atoms with Gasteiger partial charge in [-0.2, -0.15) is 11.8 Å². The average molecular weight is 217 g/mol. The highest BCUT2D eigenvalue weighted by atomic mass is 32.2. The maximum absolute atomic E-state index is 9.24. The molecular formula is C11H23NOS. The lowest BCUT2D eigenvalue weighted by Gasteiger charge is -2.28. The summed E-state index contributed by atoms with van der Waals surface area (Å²) in [6, 6.07) is 0.934. The molecule has 0 aromatic heterocycles. The standard InChI is InChI=1S/C11H23NOS/c1-9(2)6-11(7-13)12-10-4-3-5-14-8-10/h9-13H,3-8H2,1-2H3. The summed E-state index contributed by atoms with van der Waals surface area (Å²) >= 11 is 2.03. The van der Waals surface area contributed by atoms with E-state index in [1.807, 2.05) is 11.8 Å². The third-order valence-electron chi connectivity index (χ3n) is 2.61. The lowest BCUT2D eigenvalue weighted by molar-refractivity contribution is 0.213. The Bertz CT molecular complexity index is 146. The van der Waals surface area contributed by atoms with Crippen molar-refractivity contribution in [2.45, 2.75) is 45.2 Å². The van der Waals surface area contributed by atoms with Crippen molar-refractivity contribution in [3.63, 3.8) is 0 Å². The summed E-state index contributed by atoms with van der Waals surface area (Å²) in [6.45, 7) is 4.69. The number of aliphatic hydroxyl groups excluding tert-OH is 1. The van der Waals surface area contributed by atoms with Crippen molar-refractivity contribution >= 4 is 11.8 Å². The van der Waals surface area contributed by atoms with Gasteiger partial charge in [-0.3, -0.25) is 0 Å². The van der Waals surface area contributed by atoms with Gasteiger partial charge >= 0.3 is 0 Å². The molecular weight excluding hydrogens is 194 g/mol. The zero-order valence-corrected chi connectivity index (χ0v) is 10.1. The van der Waals surface area contributed by atoms with Gasteiger partial charge in [-0.1, -0.05) is 13.8 Å². The Labute approximate surface area is 91.9 Å². The number of thioether (sulfide) groups is 1. The maximum Gasteiger partial charge on any atom is 0.0584 e. The molecule has 2 atom stereocenters. The molecule has 0 aromatic rings. The quantitative estimate of drug-likeness (QED) is 0.737. The van der Waals surface area contributed by atoms with E-state index in [0.29, 0.717) is 18.0 Å². The highest BCUT2D eigenvalue weighted by Crippen LogP contribution is 2.18. The molecule has 1 rings (SSSR count). The van der Waals surface area contributed by atoms with Crippen LogP contribution in [0.3, 0.4) is 0 Å². The van der Waals surface area contributed by atoms with Gasteiger partial charge in [0, 0.05) is 17.8 Å². The smallest absolute Gasteiger partial charge is 0.0584 e. The van der Waals surface area contributed by atoms with E-state index >= 15 is 0 Å². The van der Waals surface area contributed by atoms with E-state index in [4.69, 9.17) is 0 Å². The molecule has 2 N–H and O–H groups in total. The van der Waals surface area contributed by atoms with Crippen LogP contribution in [0, 0.1) is 5.92 Å². The first-order valence-electron chi connectivity index (χ1n) is 5.67. The fraction of sp³-hybridized carbons (Fsp3) is 1.00. The fourth-order valence-corrected chi connectivity index (χ4v) is 3.05. The third kappa shape index (κ3) is 4.67. The normalized spacial score (nSPS) is 25.3. The first-order chi connectivity index (χ1) is 6.72. The summed E-state index contributed by atoms with van der Waals surface area (Å²) < 4.78 is 0.